The predicted octanol–water partition coefficient (Wildman–Crippen LogP) is 5.40. The summed E-state index contributed by atoms with van der Waals surface area (Å²) in [6, 6.07) is 17.3. The second-order valence-corrected chi connectivity index (χ2v) is 10.7. The van der Waals surface area contributed by atoms with Crippen LogP contribution < -0.4 is 5.56 Å². The SMILES string of the molecule is CCCc1c(Cc2ccc(-c3ccccc3C#N)cc2)c(=O)n(C2CCC(OCC(O)C(F)(F)F)CC2)c2ncnn12. The number of benzene rings is 2. The van der Waals surface area contributed by atoms with Crippen molar-refractivity contribution in [2.24, 2.45) is 0 Å². The van der Waals surface area contributed by atoms with Gasteiger partial charge >= 0.3 is 6.18 Å². The largest absolute Gasteiger partial charge is 0.416 e. The van der Waals surface area contributed by atoms with E-state index in [0.29, 0.717) is 55.4 Å². The maximum Gasteiger partial charge on any atom is 0.416 e. The minimum Gasteiger partial charge on any atom is -0.382 e. The quantitative estimate of drug-likeness (QED) is 0.285. The van der Waals surface area contributed by atoms with E-state index in [1.165, 1.54) is 6.33 Å². The molecule has 8 nitrogen and oxygen atoms in total. The van der Waals surface area contributed by atoms with Crippen LogP contribution in [0.5, 0.6) is 0 Å². The molecule has 0 saturated heterocycles. The molecule has 2 heterocycles. The van der Waals surface area contributed by atoms with Crippen LogP contribution in [0.3, 0.4) is 0 Å². The Labute approximate surface area is 241 Å². The zero-order valence-electron chi connectivity index (χ0n) is 23.2. The van der Waals surface area contributed by atoms with Gasteiger partial charge in [-0.25, -0.2) is 4.52 Å². The summed E-state index contributed by atoms with van der Waals surface area (Å²) in [5, 5.41) is 23.2. The number of rotatable bonds is 9. The molecule has 42 heavy (non-hydrogen) atoms. The van der Waals surface area contributed by atoms with Gasteiger partial charge in [0.25, 0.3) is 5.56 Å². The molecule has 1 aliphatic carbocycles. The Bertz CT molecular complexity index is 1630. The molecule has 1 aliphatic rings. The highest BCUT2D eigenvalue weighted by Crippen LogP contribution is 2.32. The fourth-order valence-electron chi connectivity index (χ4n) is 5.71. The summed E-state index contributed by atoms with van der Waals surface area (Å²) >= 11 is 0. The Balaban J connectivity index is 1.41. The van der Waals surface area contributed by atoms with Crippen LogP contribution in [0, 0.1) is 11.3 Å². The Morgan fingerprint density at radius 3 is 2.50 bits per heavy atom. The van der Waals surface area contributed by atoms with Crippen molar-refractivity contribution in [1.82, 2.24) is 19.2 Å². The third-order valence-corrected chi connectivity index (χ3v) is 7.88. The number of fused-ring (bicyclic) bond motifs is 1. The number of nitrogens with zero attached hydrogens (tertiary/aromatic N) is 5. The van der Waals surface area contributed by atoms with E-state index in [1.54, 1.807) is 15.1 Å². The monoisotopic (exact) mass is 579 g/mol. The zero-order valence-corrected chi connectivity index (χ0v) is 23.2. The normalized spacial score (nSPS) is 18.2. The van der Waals surface area contributed by atoms with Crippen molar-refractivity contribution >= 4 is 5.78 Å². The Morgan fingerprint density at radius 1 is 1.12 bits per heavy atom. The molecule has 2 aromatic carbocycles. The van der Waals surface area contributed by atoms with Crippen LogP contribution in [0.1, 0.15) is 67.5 Å². The highest BCUT2D eigenvalue weighted by Gasteiger charge is 2.39. The molecule has 4 aromatic rings. The van der Waals surface area contributed by atoms with Crippen LogP contribution >= 0.6 is 0 Å². The minimum atomic E-state index is -4.72. The minimum absolute atomic E-state index is 0.144. The van der Waals surface area contributed by atoms with Gasteiger partial charge in [0.05, 0.1) is 30.0 Å². The van der Waals surface area contributed by atoms with E-state index in [1.807, 2.05) is 49.4 Å². The van der Waals surface area contributed by atoms with E-state index in [4.69, 9.17) is 4.74 Å². The predicted molar refractivity (Wildman–Crippen MR) is 150 cm³/mol. The summed E-state index contributed by atoms with van der Waals surface area (Å²) in [6.45, 7) is 1.24. The van der Waals surface area contributed by atoms with Crippen molar-refractivity contribution in [3.05, 3.63) is 87.6 Å². The molecule has 0 spiro atoms. The van der Waals surface area contributed by atoms with Crippen LogP contribution in [0.25, 0.3) is 16.9 Å². The molecule has 5 rings (SSSR count). The second-order valence-electron chi connectivity index (χ2n) is 10.7. The van der Waals surface area contributed by atoms with E-state index in [0.717, 1.165) is 28.8 Å². The zero-order chi connectivity index (χ0) is 29.9. The molecule has 0 aliphatic heterocycles. The maximum atomic E-state index is 14.1. The van der Waals surface area contributed by atoms with Gasteiger partial charge in [0.2, 0.25) is 5.78 Å². The molecule has 1 fully saturated rings. The number of hydrogen-bond acceptors (Lipinski definition) is 6. The van der Waals surface area contributed by atoms with Gasteiger partial charge in [-0.3, -0.25) is 9.36 Å². The standard InChI is InChI=1S/C31H32F3N5O3/c1-2-5-27-26(16-20-8-10-21(11-9-20)25-7-4-3-6-22(25)17-35)29(41)38(30-36-19-37-39(27)30)23-12-14-24(15-13-23)42-18-28(40)31(32,33)34/h3-4,6-11,19,23-24,28,40H,2,5,12-16,18H2,1H3. The molecule has 1 N–H and O–H groups in total. The van der Waals surface area contributed by atoms with Gasteiger partial charge in [0, 0.05) is 18.0 Å². The first-order chi connectivity index (χ1) is 20.2. The van der Waals surface area contributed by atoms with Crippen LogP contribution in [0.15, 0.2) is 59.7 Å². The van der Waals surface area contributed by atoms with Crippen LogP contribution in [0.2, 0.25) is 0 Å². The fourth-order valence-corrected chi connectivity index (χ4v) is 5.71. The molecule has 0 amide bonds. The molecule has 2 aromatic heterocycles. The number of aryl methyl sites for hydroxylation is 1. The molecule has 1 saturated carbocycles. The first-order valence-corrected chi connectivity index (χ1v) is 14.1. The van der Waals surface area contributed by atoms with Gasteiger partial charge in [0.1, 0.15) is 6.33 Å². The average Bonchev–Trinajstić information content (AvgIpc) is 3.47. The molecular weight excluding hydrogens is 547 g/mol. The van der Waals surface area contributed by atoms with E-state index in [-0.39, 0.29) is 11.6 Å². The molecule has 1 unspecified atom stereocenters. The third kappa shape index (κ3) is 6.10. The molecule has 220 valence electrons. The first-order valence-electron chi connectivity index (χ1n) is 14.1. The highest BCUT2D eigenvalue weighted by atomic mass is 19.4. The Morgan fingerprint density at radius 2 is 1.83 bits per heavy atom. The van der Waals surface area contributed by atoms with Gasteiger partial charge in [0.15, 0.2) is 6.10 Å². The van der Waals surface area contributed by atoms with Gasteiger partial charge in [-0.2, -0.15) is 28.5 Å². The Hall–Kier alpha value is -4.01. The van der Waals surface area contributed by atoms with Crippen LogP contribution in [0.4, 0.5) is 13.2 Å². The molecular formula is C31H32F3N5O3. The van der Waals surface area contributed by atoms with E-state index in [2.05, 4.69) is 16.2 Å². The smallest absolute Gasteiger partial charge is 0.382 e. The van der Waals surface area contributed by atoms with E-state index >= 15 is 0 Å². The fraction of sp³-hybridized carbons (Fsp3) is 0.419. The summed E-state index contributed by atoms with van der Waals surface area (Å²) in [7, 11) is 0. The lowest BCUT2D eigenvalue weighted by atomic mass is 9.92. The Kier molecular flexibility index (Phi) is 8.75. The highest BCUT2D eigenvalue weighted by molar-refractivity contribution is 5.70. The summed E-state index contributed by atoms with van der Waals surface area (Å²) in [6.07, 6.45) is -2.43. The summed E-state index contributed by atoms with van der Waals surface area (Å²) in [5.74, 6) is 0.451. The molecule has 0 bridgehead atoms. The van der Waals surface area contributed by atoms with Gasteiger partial charge in [-0.15, -0.1) is 0 Å². The lowest BCUT2D eigenvalue weighted by molar-refractivity contribution is -0.222. The van der Waals surface area contributed by atoms with Gasteiger partial charge in [-0.1, -0.05) is 55.8 Å². The summed E-state index contributed by atoms with van der Waals surface area (Å²) < 4.78 is 46.8. The van der Waals surface area contributed by atoms with Crippen molar-refractivity contribution in [3.8, 4) is 17.2 Å². The first kappa shape index (κ1) is 29.5. The summed E-state index contributed by atoms with van der Waals surface area (Å²) in [5.41, 5.74) is 4.58. The number of alkyl halides is 3. The topological polar surface area (TPSA) is 105 Å². The van der Waals surface area contributed by atoms with Crippen molar-refractivity contribution < 1.29 is 23.0 Å². The van der Waals surface area contributed by atoms with Crippen molar-refractivity contribution in [3.63, 3.8) is 0 Å². The van der Waals surface area contributed by atoms with Crippen LogP contribution in [-0.2, 0) is 17.6 Å². The number of hydrogen-bond donors (Lipinski definition) is 1. The van der Waals surface area contributed by atoms with Gasteiger partial charge in [-0.05, 0) is 54.9 Å². The van der Waals surface area contributed by atoms with Crippen LogP contribution in [-0.4, -0.2) is 49.3 Å². The lowest BCUT2D eigenvalue weighted by Gasteiger charge is -2.31. The second kappa shape index (κ2) is 12.5. The number of aliphatic hydroxyl groups is 1. The number of ether oxygens (including phenoxy) is 1. The molecule has 11 heteroatoms. The van der Waals surface area contributed by atoms with E-state index in [9.17, 15) is 28.3 Å². The third-order valence-electron chi connectivity index (χ3n) is 7.88. The van der Waals surface area contributed by atoms with E-state index < -0.39 is 25.0 Å². The van der Waals surface area contributed by atoms with Crippen molar-refractivity contribution in [2.45, 2.75) is 76.3 Å². The van der Waals surface area contributed by atoms with Gasteiger partial charge < -0.3 is 9.84 Å². The number of aromatic nitrogens is 4. The maximum absolute atomic E-state index is 14.1. The molecule has 0 radical (unpaired) electrons. The van der Waals surface area contributed by atoms with Crippen molar-refractivity contribution in [1.29, 1.82) is 5.26 Å². The number of halogens is 3. The average molecular weight is 580 g/mol. The summed E-state index contributed by atoms with van der Waals surface area (Å²) in [4.78, 5) is 18.5. The lowest BCUT2D eigenvalue weighted by Crippen LogP contribution is -2.37. The van der Waals surface area contributed by atoms with Crippen molar-refractivity contribution in [2.75, 3.05) is 6.61 Å². The number of nitriles is 1. The molecule has 1 atom stereocenters. The number of aliphatic hydroxyl groups excluding tert-OH is 1.